The summed E-state index contributed by atoms with van der Waals surface area (Å²) < 4.78 is 0. The molecule has 0 aliphatic rings. The van der Waals surface area contributed by atoms with Crippen molar-refractivity contribution in [1.82, 2.24) is 0 Å². The Hall–Kier alpha value is -1.03. The van der Waals surface area contributed by atoms with E-state index in [2.05, 4.69) is 12.2 Å². The van der Waals surface area contributed by atoms with Crippen molar-refractivity contribution in [2.24, 2.45) is 5.73 Å². The smallest absolute Gasteiger partial charge is 0.317 e. The molecule has 3 N–H and O–H groups in total. The molecule has 11 heavy (non-hydrogen) atoms. The Kier molecular flexibility index (Phi) is 2.48. The van der Waals surface area contributed by atoms with Crippen LogP contribution in [0.1, 0.15) is 11.8 Å². The number of carbonyl (C=O) groups is 1. The summed E-state index contributed by atoms with van der Waals surface area (Å²) in [5.74, 6) is 0. The maximum absolute atomic E-state index is 10.4. The van der Waals surface area contributed by atoms with E-state index in [0.29, 0.717) is 0 Å². The fourth-order valence-corrected chi connectivity index (χ4v) is 1.61. The Morgan fingerprint density at radius 1 is 1.73 bits per heavy atom. The van der Waals surface area contributed by atoms with Gasteiger partial charge >= 0.3 is 6.03 Å². The second-order valence-corrected chi connectivity index (χ2v) is 3.28. The second kappa shape index (κ2) is 3.39. The van der Waals surface area contributed by atoms with Gasteiger partial charge in [0.25, 0.3) is 0 Å². The first-order valence-electron chi connectivity index (χ1n) is 3.37. The van der Waals surface area contributed by atoms with Crippen LogP contribution in [0, 0.1) is 0 Å². The van der Waals surface area contributed by atoms with E-state index in [1.54, 1.807) is 11.3 Å². The van der Waals surface area contributed by atoms with E-state index in [4.69, 9.17) is 5.73 Å². The van der Waals surface area contributed by atoms with Gasteiger partial charge in [-0.3, -0.25) is 5.32 Å². The Morgan fingerprint density at radius 3 is 2.91 bits per heavy atom. The average Bonchev–Trinajstić information content (AvgIpc) is 2.34. The minimum absolute atomic E-state index is 0.505. The summed E-state index contributed by atoms with van der Waals surface area (Å²) in [5, 5.41) is 3.33. The number of aryl methyl sites for hydroxylation is 1. The van der Waals surface area contributed by atoms with Crippen LogP contribution in [0.3, 0.4) is 0 Å². The van der Waals surface area contributed by atoms with Crippen LogP contribution in [0.5, 0.6) is 0 Å². The Bertz CT molecular complexity index is 257. The Labute approximate surface area is 69.2 Å². The number of nitrogens with two attached hydrogens (primary N) is 1. The molecule has 0 spiro atoms. The van der Waals surface area contributed by atoms with Crippen LogP contribution in [-0.4, -0.2) is 6.03 Å². The second-order valence-electron chi connectivity index (χ2n) is 2.11. The summed E-state index contributed by atoms with van der Waals surface area (Å²) in [7, 11) is 0. The van der Waals surface area contributed by atoms with E-state index in [1.807, 2.05) is 12.1 Å². The third-order valence-corrected chi connectivity index (χ3v) is 2.40. The maximum atomic E-state index is 10.4. The molecule has 0 radical (unpaired) electrons. The van der Waals surface area contributed by atoms with Gasteiger partial charge in [0.1, 0.15) is 0 Å². The molecule has 0 aliphatic carbocycles. The van der Waals surface area contributed by atoms with Crippen LogP contribution in [0.2, 0.25) is 0 Å². The zero-order chi connectivity index (χ0) is 8.27. The minimum Gasteiger partial charge on any atom is -0.351 e. The van der Waals surface area contributed by atoms with Gasteiger partial charge in [-0.05, 0) is 18.6 Å². The lowest BCUT2D eigenvalue weighted by molar-refractivity contribution is 0.259. The molecular formula is C7H10N2OS. The lowest BCUT2D eigenvalue weighted by Gasteiger charge is -1.93. The van der Waals surface area contributed by atoms with Gasteiger partial charge < -0.3 is 5.73 Å². The van der Waals surface area contributed by atoms with Gasteiger partial charge in [0.2, 0.25) is 0 Å². The SMILES string of the molecule is CCc1ccc(NC(N)=O)s1. The van der Waals surface area contributed by atoms with E-state index in [9.17, 15) is 4.79 Å². The molecule has 2 amide bonds. The number of hydrogen-bond acceptors (Lipinski definition) is 2. The highest BCUT2D eigenvalue weighted by Gasteiger charge is 1.98. The Morgan fingerprint density at radius 2 is 2.45 bits per heavy atom. The monoisotopic (exact) mass is 170 g/mol. The highest BCUT2D eigenvalue weighted by molar-refractivity contribution is 7.16. The minimum atomic E-state index is -0.505. The highest BCUT2D eigenvalue weighted by Crippen LogP contribution is 2.21. The summed E-state index contributed by atoms with van der Waals surface area (Å²) >= 11 is 1.55. The molecule has 0 unspecified atom stereocenters. The standard InChI is InChI=1S/C7H10N2OS/c1-2-5-3-4-6(11-5)9-7(8)10/h3-4H,2H2,1H3,(H3,8,9,10). The molecule has 1 aromatic heterocycles. The van der Waals surface area contributed by atoms with Crippen molar-refractivity contribution in [3.05, 3.63) is 17.0 Å². The predicted octanol–water partition coefficient (Wildman–Crippen LogP) is 1.80. The van der Waals surface area contributed by atoms with Crippen LogP contribution in [0.4, 0.5) is 9.80 Å². The molecule has 60 valence electrons. The molecule has 1 aromatic rings. The van der Waals surface area contributed by atoms with Crippen molar-refractivity contribution in [3.63, 3.8) is 0 Å². The molecule has 4 heteroatoms. The van der Waals surface area contributed by atoms with Crippen LogP contribution >= 0.6 is 11.3 Å². The number of urea groups is 1. The van der Waals surface area contributed by atoms with Crippen molar-refractivity contribution in [1.29, 1.82) is 0 Å². The average molecular weight is 170 g/mol. The van der Waals surface area contributed by atoms with E-state index in [-0.39, 0.29) is 0 Å². The maximum Gasteiger partial charge on any atom is 0.317 e. The quantitative estimate of drug-likeness (QED) is 0.698. The number of hydrogen-bond donors (Lipinski definition) is 2. The summed E-state index contributed by atoms with van der Waals surface area (Å²) in [6.07, 6.45) is 0.991. The molecule has 0 aliphatic heterocycles. The molecule has 1 heterocycles. The summed E-state index contributed by atoms with van der Waals surface area (Å²) in [6.45, 7) is 2.07. The molecule has 0 saturated carbocycles. The number of nitrogens with one attached hydrogen (secondary N) is 1. The number of thiophene rings is 1. The number of anilines is 1. The largest absolute Gasteiger partial charge is 0.351 e. The normalized spacial score (nSPS) is 9.55. The first-order chi connectivity index (χ1) is 5.22. The predicted molar refractivity (Wildman–Crippen MR) is 46.9 cm³/mol. The highest BCUT2D eigenvalue weighted by atomic mass is 32.1. The van der Waals surface area contributed by atoms with Crippen molar-refractivity contribution < 1.29 is 4.79 Å². The first kappa shape index (κ1) is 8.07. The van der Waals surface area contributed by atoms with Gasteiger partial charge in [-0.2, -0.15) is 0 Å². The van der Waals surface area contributed by atoms with Crippen LogP contribution in [-0.2, 0) is 6.42 Å². The van der Waals surface area contributed by atoms with Gasteiger partial charge in [-0.25, -0.2) is 4.79 Å². The first-order valence-corrected chi connectivity index (χ1v) is 4.19. The topological polar surface area (TPSA) is 55.1 Å². The molecule has 0 bridgehead atoms. The van der Waals surface area contributed by atoms with Crippen LogP contribution in [0.15, 0.2) is 12.1 Å². The van der Waals surface area contributed by atoms with E-state index in [0.717, 1.165) is 11.4 Å². The number of amides is 2. The van der Waals surface area contributed by atoms with Crippen LogP contribution < -0.4 is 11.1 Å². The van der Waals surface area contributed by atoms with Gasteiger partial charge in [0.15, 0.2) is 0 Å². The molecule has 1 rings (SSSR count). The molecule has 0 fully saturated rings. The fourth-order valence-electron chi connectivity index (χ4n) is 0.757. The van der Waals surface area contributed by atoms with E-state index in [1.165, 1.54) is 4.88 Å². The molecular weight excluding hydrogens is 160 g/mol. The third kappa shape index (κ3) is 2.23. The summed E-state index contributed by atoms with van der Waals surface area (Å²) in [5.41, 5.74) is 4.93. The zero-order valence-electron chi connectivity index (χ0n) is 6.26. The van der Waals surface area contributed by atoms with Crippen molar-refractivity contribution >= 4 is 22.4 Å². The number of primary amides is 1. The van der Waals surface area contributed by atoms with E-state index < -0.39 is 6.03 Å². The molecule has 3 nitrogen and oxygen atoms in total. The van der Waals surface area contributed by atoms with Gasteiger partial charge in [0, 0.05) is 4.88 Å². The number of carbonyl (C=O) groups excluding carboxylic acids is 1. The molecule has 0 atom stereocenters. The zero-order valence-corrected chi connectivity index (χ0v) is 7.07. The molecule has 0 aromatic carbocycles. The lowest BCUT2D eigenvalue weighted by Crippen LogP contribution is -2.18. The van der Waals surface area contributed by atoms with Gasteiger partial charge in [0.05, 0.1) is 5.00 Å². The van der Waals surface area contributed by atoms with Gasteiger partial charge in [-0.1, -0.05) is 6.92 Å². The summed E-state index contributed by atoms with van der Waals surface area (Å²) in [4.78, 5) is 11.6. The molecule has 0 saturated heterocycles. The fraction of sp³-hybridized carbons (Fsp3) is 0.286. The van der Waals surface area contributed by atoms with E-state index >= 15 is 0 Å². The van der Waals surface area contributed by atoms with Crippen LogP contribution in [0.25, 0.3) is 0 Å². The lowest BCUT2D eigenvalue weighted by atomic mass is 10.4. The number of rotatable bonds is 2. The third-order valence-electron chi connectivity index (χ3n) is 1.26. The van der Waals surface area contributed by atoms with Crippen molar-refractivity contribution in [2.75, 3.05) is 5.32 Å². The Balaban J connectivity index is 2.65. The summed E-state index contributed by atoms with van der Waals surface area (Å²) in [6, 6.07) is 3.33. The van der Waals surface area contributed by atoms with Crippen molar-refractivity contribution in [3.8, 4) is 0 Å². The van der Waals surface area contributed by atoms with Gasteiger partial charge in [-0.15, -0.1) is 11.3 Å². The van der Waals surface area contributed by atoms with Crippen molar-refractivity contribution in [2.45, 2.75) is 13.3 Å².